The van der Waals surface area contributed by atoms with Gasteiger partial charge in [0.2, 0.25) is 5.91 Å². The Bertz CT molecular complexity index is 940. The lowest BCUT2D eigenvalue weighted by Crippen LogP contribution is -2.46. The average Bonchev–Trinajstić information content (AvgIpc) is 3.17. The van der Waals surface area contributed by atoms with E-state index in [9.17, 15) is 17.6 Å². The molecule has 2 aromatic rings. The van der Waals surface area contributed by atoms with Gasteiger partial charge in [0.25, 0.3) is 0 Å². The van der Waals surface area contributed by atoms with E-state index in [1.807, 2.05) is 18.4 Å². The zero-order valence-corrected chi connectivity index (χ0v) is 17.1. The molecule has 152 valence electrons. The van der Waals surface area contributed by atoms with Crippen LogP contribution in [0.1, 0.15) is 51.4 Å². The second-order valence-electron chi connectivity index (χ2n) is 7.45. The fourth-order valence-corrected chi connectivity index (χ4v) is 4.89. The number of likely N-dealkylation sites (tertiary alicyclic amines) is 1. The van der Waals surface area contributed by atoms with Crippen LogP contribution >= 0.6 is 0 Å². The van der Waals surface area contributed by atoms with Gasteiger partial charge in [0.05, 0.1) is 4.90 Å². The van der Waals surface area contributed by atoms with E-state index in [1.165, 1.54) is 19.1 Å². The molecule has 1 aliphatic rings. The molecule has 1 saturated heterocycles. The number of hydrogen-bond acceptors (Lipinski definition) is 5. The topological polar surface area (TPSA) is 85.2 Å². The van der Waals surface area contributed by atoms with Crippen LogP contribution in [0.25, 0.3) is 0 Å². The summed E-state index contributed by atoms with van der Waals surface area (Å²) >= 11 is 0. The van der Waals surface area contributed by atoms with Crippen molar-refractivity contribution in [3.63, 3.8) is 0 Å². The zero-order valence-electron chi connectivity index (χ0n) is 16.2. The Hall–Kier alpha value is -2.29. The first-order valence-corrected chi connectivity index (χ1v) is 10.9. The van der Waals surface area contributed by atoms with Crippen LogP contribution in [0.3, 0.4) is 0 Å². The summed E-state index contributed by atoms with van der Waals surface area (Å²) in [6.45, 7) is 6.38. The van der Waals surface area contributed by atoms with E-state index in [0.29, 0.717) is 13.1 Å². The van der Waals surface area contributed by atoms with Gasteiger partial charge in [0.15, 0.2) is 9.84 Å². The van der Waals surface area contributed by atoms with Crippen molar-refractivity contribution in [3.8, 4) is 0 Å². The molecule has 2 heterocycles. The van der Waals surface area contributed by atoms with E-state index in [4.69, 9.17) is 0 Å². The maximum atomic E-state index is 13.1. The van der Waals surface area contributed by atoms with Crippen molar-refractivity contribution in [1.82, 2.24) is 19.7 Å². The first kappa shape index (κ1) is 20.4. The number of benzene rings is 1. The predicted molar refractivity (Wildman–Crippen MR) is 102 cm³/mol. The lowest BCUT2D eigenvalue weighted by atomic mass is 9.96. The molecule has 28 heavy (non-hydrogen) atoms. The van der Waals surface area contributed by atoms with Crippen molar-refractivity contribution in [2.45, 2.75) is 55.7 Å². The number of sulfone groups is 1. The molecule has 0 spiro atoms. The fourth-order valence-electron chi connectivity index (χ4n) is 3.55. The third kappa shape index (κ3) is 3.94. The second-order valence-corrected chi connectivity index (χ2v) is 9.72. The van der Waals surface area contributed by atoms with Crippen LogP contribution in [0, 0.1) is 5.82 Å². The minimum atomic E-state index is -3.89. The number of halogens is 1. The van der Waals surface area contributed by atoms with Crippen LogP contribution in [0.5, 0.6) is 0 Å². The van der Waals surface area contributed by atoms with E-state index >= 15 is 0 Å². The maximum Gasteiger partial charge on any atom is 0.241 e. The van der Waals surface area contributed by atoms with Crippen molar-refractivity contribution in [2.24, 2.45) is 0 Å². The molecule has 1 aromatic carbocycles. The molecule has 0 radical (unpaired) electrons. The Labute approximate surface area is 164 Å². The highest BCUT2D eigenvalue weighted by molar-refractivity contribution is 7.92. The third-order valence-corrected chi connectivity index (χ3v) is 7.27. The van der Waals surface area contributed by atoms with Crippen LogP contribution in [0.15, 0.2) is 35.5 Å². The van der Waals surface area contributed by atoms with Gasteiger partial charge in [-0.2, -0.15) is 0 Å². The van der Waals surface area contributed by atoms with Gasteiger partial charge in [-0.15, -0.1) is 10.2 Å². The maximum absolute atomic E-state index is 13.1. The molecule has 7 nitrogen and oxygen atoms in total. The first-order chi connectivity index (χ1) is 13.2. The van der Waals surface area contributed by atoms with Crippen LogP contribution in [-0.2, 0) is 14.6 Å². The van der Waals surface area contributed by atoms with Gasteiger partial charge >= 0.3 is 0 Å². The van der Waals surface area contributed by atoms with Gasteiger partial charge < -0.3 is 9.47 Å². The molecule has 0 saturated carbocycles. The Kier molecular flexibility index (Phi) is 5.83. The van der Waals surface area contributed by atoms with E-state index in [2.05, 4.69) is 10.2 Å². The van der Waals surface area contributed by atoms with Gasteiger partial charge in [-0.1, -0.05) is 0 Å². The van der Waals surface area contributed by atoms with Gasteiger partial charge in [0, 0.05) is 25.0 Å². The van der Waals surface area contributed by atoms with Gasteiger partial charge in [-0.25, -0.2) is 12.8 Å². The number of hydrogen-bond donors (Lipinski definition) is 0. The number of aromatic nitrogens is 3. The number of nitrogens with zero attached hydrogens (tertiary/aromatic N) is 4. The van der Waals surface area contributed by atoms with Crippen LogP contribution in [0.4, 0.5) is 4.39 Å². The van der Waals surface area contributed by atoms with Crippen LogP contribution < -0.4 is 0 Å². The Balaban J connectivity index is 1.78. The summed E-state index contributed by atoms with van der Waals surface area (Å²) in [7, 11) is -3.89. The molecule has 2 unspecified atom stereocenters. The Morgan fingerprint density at radius 3 is 2.54 bits per heavy atom. The van der Waals surface area contributed by atoms with Crippen LogP contribution in [0.2, 0.25) is 0 Å². The van der Waals surface area contributed by atoms with E-state index < -0.39 is 26.8 Å². The number of carbonyl (C=O) groups is 1. The molecule has 2 atom stereocenters. The summed E-state index contributed by atoms with van der Waals surface area (Å²) in [5.74, 6) is -0.124. The standard InChI is InChI=1S/C19H25FN4O3S/c1-13(2)24-12-21-22-18(24)15-5-4-10-23(11-15)19(25)14(3)28(26,27)17-8-6-16(20)7-9-17/h6-9,12-15H,4-5,10-11H2,1-3H3. The summed E-state index contributed by atoms with van der Waals surface area (Å²) in [4.78, 5) is 14.5. The molecule has 1 fully saturated rings. The average molecular weight is 408 g/mol. The minimum absolute atomic E-state index is 0.0170. The van der Waals surface area contributed by atoms with E-state index in [1.54, 1.807) is 11.2 Å². The molecule has 0 aliphatic carbocycles. The summed E-state index contributed by atoms with van der Waals surface area (Å²) < 4.78 is 40.7. The van der Waals surface area contributed by atoms with Gasteiger partial charge in [-0.05, 0) is 57.9 Å². The number of piperidine rings is 1. The normalized spacial score (nSPS) is 19.0. The zero-order chi connectivity index (χ0) is 20.5. The van der Waals surface area contributed by atoms with Crippen molar-refractivity contribution < 1.29 is 17.6 Å². The molecule has 1 amide bonds. The smallest absolute Gasteiger partial charge is 0.241 e. The highest BCUT2D eigenvalue weighted by Crippen LogP contribution is 2.28. The quantitative estimate of drug-likeness (QED) is 0.710. The summed E-state index contributed by atoms with van der Waals surface area (Å²) in [5.41, 5.74) is 0. The third-order valence-electron chi connectivity index (χ3n) is 5.21. The summed E-state index contributed by atoms with van der Waals surface area (Å²) in [6, 6.07) is 4.75. The monoisotopic (exact) mass is 408 g/mol. The number of rotatable bonds is 5. The summed E-state index contributed by atoms with van der Waals surface area (Å²) in [6.07, 6.45) is 3.32. The fraction of sp³-hybridized carbons (Fsp3) is 0.526. The molecule has 0 bridgehead atoms. The molecular weight excluding hydrogens is 383 g/mol. The first-order valence-electron chi connectivity index (χ1n) is 9.39. The molecule has 0 N–H and O–H groups in total. The molecule has 1 aliphatic heterocycles. The molecule has 9 heteroatoms. The van der Waals surface area contributed by atoms with Crippen molar-refractivity contribution in [1.29, 1.82) is 0 Å². The van der Waals surface area contributed by atoms with E-state index in [-0.39, 0.29) is 16.9 Å². The number of carbonyl (C=O) groups excluding carboxylic acids is 1. The van der Waals surface area contributed by atoms with Crippen molar-refractivity contribution in [2.75, 3.05) is 13.1 Å². The largest absolute Gasteiger partial charge is 0.341 e. The highest BCUT2D eigenvalue weighted by Gasteiger charge is 2.36. The highest BCUT2D eigenvalue weighted by atomic mass is 32.2. The van der Waals surface area contributed by atoms with Crippen molar-refractivity contribution >= 4 is 15.7 Å². The second kappa shape index (κ2) is 7.98. The lowest BCUT2D eigenvalue weighted by molar-refractivity contribution is -0.131. The molecule has 1 aromatic heterocycles. The number of amides is 1. The van der Waals surface area contributed by atoms with Gasteiger partial charge in [0.1, 0.15) is 23.2 Å². The van der Waals surface area contributed by atoms with Gasteiger partial charge in [-0.3, -0.25) is 4.79 Å². The lowest BCUT2D eigenvalue weighted by Gasteiger charge is -2.34. The molecular formula is C19H25FN4O3S. The minimum Gasteiger partial charge on any atom is -0.341 e. The Morgan fingerprint density at radius 1 is 1.21 bits per heavy atom. The summed E-state index contributed by atoms with van der Waals surface area (Å²) in [5, 5.41) is 6.98. The molecule has 3 rings (SSSR count). The van der Waals surface area contributed by atoms with Crippen LogP contribution in [-0.4, -0.2) is 52.3 Å². The Morgan fingerprint density at radius 2 is 1.89 bits per heavy atom. The SMILES string of the molecule is CC(C)n1cnnc1C1CCCN(C(=O)C(C)S(=O)(=O)c2ccc(F)cc2)C1. The predicted octanol–water partition coefficient (Wildman–Crippen LogP) is 2.57. The van der Waals surface area contributed by atoms with E-state index in [0.717, 1.165) is 30.8 Å². The van der Waals surface area contributed by atoms with Crippen molar-refractivity contribution in [3.05, 3.63) is 42.2 Å².